The molecular weight excluding hydrogens is 272 g/mol. The summed E-state index contributed by atoms with van der Waals surface area (Å²) < 4.78 is 0. The lowest BCUT2D eigenvalue weighted by atomic mass is 9.95. The van der Waals surface area contributed by atoms with Gasteiger partial charge in [0.25, 0.3) is 0 Å². The number of aryl methyl sites for hydroxylation is 1. The maximum atomic E-state index is 11.8. The van der Waals surface area contributed by atoms with Gasteiger partial charge < -0.3 is 11.1 Å². The summed E-state index contributed by atoms with van der Waals surface area (Å²) in [4.78, 5) is 20.3. The monoisotopic (exact) mass is 294 g/mol. The molecule has 2 rings (SSSR count). The Morgan fingerprint density at radius 1 is 1.40 bits per heavy atom. The molecule has 0 aliphatic heterocycles. The van der Waals surface area contributed by atoms with E-state index in [0.29, 0.717) is 29.2 Å². The molecule has 0 unspecified atom stereocenters. The first kappa shape index (κ1) is 15.1. The highest BCUT2D eigenvalue weighted by atomic mass is 32.2. The van der Waals surface area contributed by atoms with Crippen LogP contribution in [0, 0.1) is 6.92 Å². The van der Waals surface area contributed by atoms with E-state index < -0.39 is 0 Å². The molecule has 1 aliphatic rings. The summed E-state index contributed by atoms with van der Waals surface area (Å²) in [5.74, 6) is 1.29. The number of aromatic nitrogens is 2. The number of hydrogen-bond acceptors (Lipinski definition) is 5. The standard InChI is InChI=1S/C14H22N4OS/c1-10-9-12(15)18-14(16-10)20-8-7-13(19)17-11-5-3-2-4-6-11/h9,11H,2-8H2,1H3,(H,17,19)(H2,15,16,18). The van der Waals surface area contributed by atoms with Gasteiger partial charge in [0.05, 0.1) is 0 Å². The lowest BCUT2D eigenvalue weighted by molar-refractivity contribution is -0.121. The Labute approximate surface area is 124 Å². The molecule has 1 fully saturated rings. The van der Waals surface area contributed by atoms with Gasteiger partial charge in [0, 0.05) is 30.0 Å². The Kier molecular flexibility index (Phi) is 5.64. The Morgan fingerprint density at radius 2 is 2.15 bits per heavy atom. The van der Waals surface area contributed by atoms with Crippen LogP contribution >= 0.6 is 11.8 Å². The Bertz CT molecular complexity index is 440. The first-order valence-corrected chi connectivity index (χ1v) is 8.15. The molecule has 110 valence electrons. The second-order valence-corrected chi connectivity index (χ2v) is 6.28. The molecule has 5 nitrogen and oxygen atoms in total. The van der Waals surface area contributed by atoms with Gasteiger partial charge >= 0.3 is 0 Å². The molecular formula is C14H22N4OS. The van der Waals surface area contributed by atoms with Crippen molar-refractivity contribution in [1.29, 1.82) is 0 Å². The van der Waals surface area contributed by atoms with Crippen LogP contribution in [0.1, 0.15) is 44.2 Å². The minimum absolute atomic E-state index is 0.130. The maximum Gasteiger partial charge on any atom is 0.221 e. The van der Waals surface area contributed by atoms with Gasteiger partial charge in [0.15, 0.2) is 5.16 Å². The smallest absolute Gasteiger partial charge is 0.221 e. The number of rotatable bonds is 5. The number of carbonyl (C=O) groups excluding carboxylic acids is 1. The van der Waals surface area contributed by atoms with Crippen molar-refractivity contribution in [3.8, 4) is 0 Å². The third kappa shape index (κ3) is 5.00. The fourth-order valence-electron chi connectivity index (χ4n) is 2.41. The van der Waals surface area contributed by atoms with E-state index in [-0.39, 0.29) is 5.91 Å². The van der Waals surface area contributed by atoms with Gasteiger partial charge in [0.1, 0.15) is 5.82 Å². The minimum atomic E-state index is 0.130. The first-order valence-electron chi connectivity index (χ1n) is 7.17. The molecule has 0 aromatic carbocycles. The van der Waals surface area contributed by atoms with Crippen molar-refractivity contribution >= 4 is 23.5 Å². The average Bonchev–Trinajstić information content (AvgIpc) is 2.38. The third-order valence-corrected chi connectivity index (χ3v) is 4.23. The molecule has 0 bridgehead atoms. The number of hydrogen-bond donors (Lipinski definition) is 2. The van der Waals surface area contributed by atoms with Crippen molar-refractivity contribution in [3.63, 3.8) is 0 Å². The first-order chi connectivity index (χ1) is 9.63. The van der Waals surface area contributed by atoms with E-state index in [2.05, 4.69) is 15.3 Å². The van der Waals surface area contributed by atoms with Gasteiger partial charge in [0.2, 0.25) is 5.91 Å². The fourth-order valence-corrected chi connectivity index (χ4v) is 3.26. The van der Waals surface area contributed by atoms with Crippen molar-refractivity contribution in [2.45, 2.75) is 56.6 Å². The average molecular weight is 294 g/mol. The molecule has 1 saturated carbocycles. The number of nitrogens with zero attached hydrogens (tertiary/aromatic N) is 2. The van der Waals surface area contributed by atoms with Crippen LogP contribution in [0.5, 0.6) is 0 Å². The van der Waals surface area contributed by atoms with Crippen LogP contribution in [0.25, 0.3) is 0 Å². The second-order valence-electron chi connectivity index (χ2n) is 5.22. The zero-order chi connectivity index (χ0) is 14.4. The van der Waals surface area contributed by atoms with Crippen LogP contribution in [0.3, 0.4) is 0 Å². The number of nitrogens with two attached hydrogens (primary N) is 1. The Balaban J connectivity index is 1.70. The van der Waals surface area contributed by atoms with Gasteiger partial charge in [-0.2, -0.15) is 0 Å². The molecule has 0 saturated heterocycles. The Morgan fingerprint density at radius 3 is 2.85 bits per heavy atom. The van der Waals surface area contributed by atoms with Gasteiger partial charge in [-0.3, -0.25) is 4.79 Å². The molecule has 0 atom stereocenters. The van der Waals surface area contributed by atoms with E-state index >= 15 is 0 Å². The molecule has 1 aromatic rings. The van der Waals surface area contributed by atoms with E-state index in [1.165, 1.54) is 31.0 Å². The number of thioether (sulfide) groups is 1. The molecule has 1 amide bonds. The van der Waals surface area contributed by atoms with Gasteiger partial charge in [-0.05, 0) is 19.8 Å². The summed E-state index contributed by atoms with van der Waals surface area (Å²) in [7, 11) is 0. The molecule has 1 aromatic heterocycles. The van der Waals surface area contributed by atoms with Crippen LogP contribution in [-0.2, 0) is 4.79 Å². The Hall–Kier alpha value is -1.30. The van der Waals surface area contributed by atoms with Crippen LogP contribution in [0.4, 0.5) is 5.82 Å². The van der Waals surface area contributed by atoms with E-state index in [9.17, 15) is 4.79 Å². The zero-order valence-corrected chi connectivity index (χ0v) is 12.7. The zero-order valence-electron chi connectivity index (χ0n) is 11.9. The summed E-state index contributed by atoms with van der Waals surface area (Å²) in [5, 5.41) is 3.76. The van der Waals surface area contributed by atoms with E-state index in [1.807, 2.05) is 6.92 Å². The van der Waals surface area contributed by atoms with Crippen LogP contribution < -0.4 is 11.1 Å². The molecule has 0 spiro atoms. The topological polar surface area (TPSA) is 80.9 Å². The minimum Gasteiger partial charge on any atom is -0.384 e. The summed E-state index contributed by atoms with van der Waals surface area (Å²) in [6, 6.07) is 2.12. The molecule has 1 heterocycles. The largest absolute Gasteiger partial charge is 0.384 e. The van der Waals surface area contributed by atoms with E-state index in [0.717, 1.165) is 18.5 Å². The highest BCUT2D eigenvalue weighted by Gasteiger charge is 2.15. The molecule has 0 radical (unpaired) electrons. The molecule has 3 N–H and O–H groups in total. The SMILES string of the molecule is Cc1cc(N)nc(SCCC(=O)NC2CCCCC2)n1. The lowest BCUT2D eigenvalue weighted by Gasteiger charge is -2.22. The number of nitrogens with one attached hydrogen (secondary N) is 1. The van der Waals surface area contributed by atoms with Crippen LogP contribution in [0.2, 0.25) is 0 Å². The van der Waals surface area contributed by atoms with Gasteiger partial charge in [-0.1, -0.05) is 31.0 Å². The van der Waals surface area contributed by atoms with Crippen molar-refractivity contribution < 1.29 is 4.79 Å². The highest BCUT2D eigenvalue weighted by molar-refractivity contribution is 7.99. The predicted octanol–water partition coefficient (Wildman–Crippen LogP) is 2.30. The maximum absolute atomic E-state index is 11.8. The van der Waals surface area contributed by atoms with Gasteiger partial charge in [-0.15, -0.1) is 0 Å². The highest BCUT2D eigenvalue weighted by Crippen LogP contribution is 2.18. The van der Waals surface area contributed by atoms with Crippen molar-refractivity contribution in [2.24, 2.45) is 0 Å². The van der Waals surface area contributed by atoms with E-state index in [1.54, 1.807) is 6.07 Å². The van der Waals surface area contributed by atoms with E-state index in [4.69, 9.17) is 5.73 Å². The fraction of sp³-hybridized carbons (Fsp3) is 0.643. The number of amides is 1. The molecule has 6 heteroatoms. The number of carbonyl (C=O) groups is 1. The molecule has 20 heavy (non-hydrogen) atoms. The predicted molar refractivity (Wildman–Crippen MR) is 81.5 cm³/mol. The summed E-state index contributed by atoms with van der Waals surface area (Å²) >= 11 is 1.48. The normalized spacial score (nSPS) is 16.1. The number of anilines is 1. The summed E-state index contributed by atoms with van der Waals surface area (Å²) in [5.41, 5.74) is 6.52. The van der Waals surface area contributed by atoms with Crippen LogP contribution in [-0.4, -0.2) is 27.7 Å². The van der Waals surface area contributed by atoms with Crippen molar-refractivity contribution in [1.82, 2.24) is 15.3 Å². The lowest BCUT2D eigenvalue weighted by Crippen LogP contribution is -2.36. The molecule has 1 aliphatic carbocycles. The van der Waals surface area contributed by atoms with Crippen molar-refractivity contribution in [3.05, 3.63) is 11.8 Å². The number of nitrogen functional groups attached to an aromatic ring is 1. The quantitative estimate of drug-likeness (QED) is 0.643. The van der Waals surface area contributed by atoms with Gasteiger partial charge in [-0.25, -0.2) is 9.97 Å². The van der Waals surface area contributed by atoms with Crippen molar-refractivity contribution in [2.75, 3.05) is 11.5 Å². The second kappa shape index (κ2) is 7.47. The summed E-state index contributed by atoms with van der Waals surface area (Å²) in [6.45, 7) is 1.89. The van der Waals surface area contributed by atoms with Crippen LogP contribution in [0.15, 0.2) is 11.2 Å². The summed E-state index contributed by atoms with van der Waals surface area (Å²) in [6.07, 6.45) is 6.51. The third-order valence-electron chi connectivity index (χ3n) is 3.38.